The standard InChI is InChI=1S/C18H17N3O3/c1-18(2)9-11-7-8-12(15(22)16(11)24-18)17(23)20-21-10-19-13-5-3-4-6-14(13)21/h3-8,10,22H,9H2,1-2H3,(H,20,23). The van der Waals surface area contributed by atoms with Gasteiger partial charge in [0.15, 0.2) is 11.5 Å². The van der Waals surface area contributed by atoms with Gasteiger partial charge in [-0.05, 0) is 32.0 Å². The molecule has 0 unspecified atom stereocenters. The minimum absolute atomic E-state index is 0.125. The third kappa shape index (κ3) is 2.27. The summed E-state index contributed by atoms with van der Waals surface area (Å²) in [6, 6.07) is 10.9. The third-order valence-electron chi connectivity index (χ3n) is 4.13. The minimum atomic E-state index is -0.424. The molecule has 4 rings (SSSR count). The smallest absolute Gasteiger partial charge is 0.274 e. The Kier molecular flexibility index (Phi) is 3.03. The third-order valence-corrected chi connectivity index (χ3v) is 4.13. The minimum Gasteiger partial charge on any atom is -0.504 e. The highest BCUT2D eigenvalue weighted by molar-refractivity contribution is 6.03. The van der Waals surface area contributed by atoms with Gasteiger partial charge in [0.05, 0.1) is 16.6 Å². The van der Waals surface area contributed by atoms with Crippen LogP contribution in [0.4, 0.5) is 0 Å². The Balaban J connectivity index is 1.67. The number of benzene rings is 2. The van der Waals surface area contributed by atoms with Crippen LogP contribution in [0.15, 0.2) is 42.7 Å². The van der Waals surface area contributed by atoms with E-state index >= 15 is 0 Å². The number of hydrogen-bond donors (Lipinski definition) is 2. The van der Waals surface area contributed by atoms with Crippen LogP contribution in [0.1, 0.15) is 29.8 Å². The predicted octanol–water partition coefficient (Wildman–Crippen LogP) is 2.84. The Morgan fingerprint density at radius 1 is 1.29 bits per heavy atom. The highest BCUT2D eigenvalue weighted by atomic mass is 16.5. The molecule has 1 aromatic heterocycles. The summed E-state index contributed by atoms with van der Waals surface area (Å²) in [5, 5.41) is 10.4. The van der Waals surface area contributed by atoms with Gasteiger partial charge < -0.3 is 9.84 Å². The van der Waals surface area contributed by atoms with Gasteiger partial charge in [0.2, 0.25) is 0 Å². The van der Waals surface area contributed by atoms with Crippen molar-refractivity contribution in [2.24, 2.45) is 0 Å². The molecule has 1 amide bonds. The van der Waals surface area contributed by atoms with Crippen LogP contribution in [0, 0.1) is 0 Å². The van der Waals surface area contributed by atoms with E-state index in [0.29, 0.717) is 12.2 Å². The van der Waals surface area contributed by atoms with E-state index in [9.17, 15) is 9.90 Å². The van der Waals surface area contributed by atoms with Gasteiger partial charge in [0.25, 0.3) is 5.91 Å². The summed E-state index contributed by atoms with van der Waals surface area (Å²) in [5.41, 5.74) is 4.99. The molecule has 6 nitrogen and oxygen atoms in total. The Bertz CT molecular complexity index is 959. The molecular formula is C18H17N3O3. The molecule has 3 aromatic rings. The molecule has 0 spiro atoms. The lowest BCUT2D eigenvalue weighted by Crippen LogP contribution is -2.24. The molecule has 6 heteroatoms. The number of rotatable bonds is 2. The first-order chi connectivity index (χ1) is 11.4. The SMILES string of the molecule is CC1(C)Cc2ccc(C(=O)Nn3cnc4ccccc43)c(O)c2O1. The Labute approximate surface area is 138 Å². The molecule has 0 fully saturated rings. The van der Waals surface area contributed by atoms with Crippen molar-refractivity contribution in [1.29, 1.82) is 0 Å². The fourth-order valence-electron chi connectivity index (χ4n) is 3.04. The number of phenols is 1. The molecule has 2 N–H and O–H groups in total. The summed E-state index contributed by atoms with van der Waals surface area (Å²) in [4.78, 5) is 16.8. The van der Waals surface area contributed by atoms with E-state index < -0.39 is 5.91 Å². The zero-order valence-electron chi connectivity index (χ0n) is 13.4. The zero-order chi connectivity index (χ0) is 16.9. The van der Waals surface area contributed by atoms with E-state index in [-0.39, 0.29) is 16.9 Å². The van der Waals surface area contributed by atoms with Crippen LogP contribution < -0.4 is 10.2 Å². The fourth-order valence-corrected chi connectivity index (χ4v) is 3.04. The van der Waals surface area contributed by atoms with Crippen molar-refractivity contribution in [3.8, 4) is 11.5 Å². The van der Waals surface area contributed by atoms with Gasteiger partial charge in [-0.2, -0.15) is 0 Å². The summed E-state index contributed by atoms with van der Waals surface area (Å²) in [5.74, 6) is -0.158. The number of nitrogens with zero attached hydrogens (tertiary/aromatic N) is 2. The number of para-hydroxylation sites is 2. The van der Waals surface area contributed by atoms with Gasteiger partial charge in [0.1, 0.15) is 11.9 Å². The first kappa shape index (κ1) is 14.6. The van der Waals surface area contributed by atoms with Crippen LogP contribution in [0.25, 0.3) is 11.0 Å². The molecule has 0 saturated carbocycles. The van der Waals surface area contributed by atoms with Crippen molar-refractivity contribution in [3.63, 3.8) is 0 Å². The Morgan fingerprint density at radius 3 is 2.92 bits per heavy atom. The second-order valence-corrected chi connectivity index (χ2v) is 6.53. The fraction of sp³-hybridized carbons (Fsp3) is 0.222. The molecule has 0 atom stereocenters. The van der Waals surface area contributed by atoms with Crippen LogP contribution in [-0.4, -0.2) is 26.3 Å². The second kappa shape index (κ2) is 4.99. The van der Waals surface area contributed by atoms with Crippen LogP contribution in [0.2, 0.25) is 0 Å². The molecule has 0 saturated heterocycles. The number of ether oxygens (including phenoxy) is 1. The van der Waals surface area contributed by atoms with E-state index in [1.807, 2.05) is 44.2 Å². The number of aromatic nitrogens is 2. The van der Waals surface area contributed by atoms with Crippen LogP contribution in [0.3, 0.4) is 0 Å². The van der Waals surface area contributed by atoms with E-state index in [1.165, 1.54) is 11.0 Å². The summed E-state index contributed by atoms with van der Waals surface area (Å²) < 4.78 is 7.31. The number of nitrogens with one attached hydrogen (secondary N) is 1. The zero-order valence-corrected chi connectivity index (χ0v) is 13.4. The molecule has 122 valence electrons. The first-order valence-corrected chi connectivity index (χ1v) is 7.72. The maximum Gasteiger partial charge on any atom is 0.274 e. The van der Waals surface area contributed by atoms with Crippen molar-refractivity contribution < 1.29 is 14.6 Å². The average molecular weight is 323 g/mol. The summed E-state index contributed by atoms with van der Waals surface area (Å²) in [7, 11) is 0. The number of hydrogen-bond acceptors (Lipinski definition) is 4. The van der Waals surface area contributed by atoms with E-state index in [0.717, 1.165) is 16.6 Å². The molecule has 0 radical (unpaired) electrons. The highest BCUT2D eigenvalue weighted by Crippen LogP contribution is 2.43. The molecule has 1 aliphatic rings. The van der Waals surface area contributed by atoms with Gasteiger partial charge in [0, 0.05) is 12.0 Å². The first-order valence-electron chi connectivity index (χ1n) is 7.72. The van der Waals surface area contributed by atoms with Crippen molar-refractivity contribution in [1.82, 2.24) is 9.66 Å². The summed E-state index contributed by atoms with van der Waals surface area (Å²) in [6.45, 7) is 3.90. The van der Waals surface area contributed by atoms with E-state index in [4.69, 9.17) is 4.74 Å². The lowest BCUT2D eigenvalue weighted by atomic mass is 10.0. The lowest BCUT2D eigenvalue weighted by molar-refractivity contribution is 0.100. The molecule has 0 aliphatic carbocycles. The Hall–Kier alpha value is -3.02. The number of fused-ring (bicyclic) bond motifs is 2. The average Bonchev–Trinajstić information content (AvgIpc) is 3.08. The molecule has 1 aliphatic heterocycles. The second-order valence-electron chi connectivity index (χ2n) is 6.53. The maximum atomic E-state index is 12.6. The van der Waals surface area contributed by atoms with Crippen molar-refractivity contribution in [2.75, 3.05) is 5.43 Å². The number of amides is 1. The normalized spacial score (nSPS) is 15.1. The topological polar surface area (TPSA) is 76.4 Å². The lowest BCUT2D eigenvalue weighted by Gasteiger charge is -2.17. The number of carbonyl (C=O) groups is 1. The monoisotopic (exact) mass is 323 g/mol. The number of carbonyl (C=O) groups excluding carboxylic acids is 1. The maximum absolute atomic E-state index is 12.6. The number of imidazole rings is 1. The van der Waals surface area contributed by atoms with E-state index in [2.05, 4.69) is 10.4 Å². The molecule has 2 heterocycles. The van der Waals surface area contributed by atoms with Crippen LogP contribution >= 0.6 is 0 Å². The van der Waals surface area contributed by atoms with Gasteiger partial charge in [-0.15, -0.1) is 0 Å². The molecule has 2 aromatic carbocycles. The predicted molar refractivity (Wildman–Crippen MR) is 89.9 cm³/mol. The Morgan fingerprint density at radius 2 is 2.08 bits per heavy atom. The number of aromatic hydroxyl groups is 1. The van der Waals surface area contributed by atoms with Gasteiger partial charge in [-0.3, -0.25) is 10.2 Å². The highest BCUT2D eigenvalue weighted by Gasteiger charge is 2.33. The van der Waals surface area contributed by atoms with Gasteiger partial charge in [-0.1, -0.05) is 18.2 Å². The quantitative estimate of drug-likeness (QED) is 0.760. The van der Waals surface area contributed by atoms with Crippen molar-refractivity contribution in [2.45, 2.75) is 25.9 Å². The summed E-state index contributed by atoms with van der Waals surface area (Å²) in [6.07, 6.45) is 2.23. The van der Waals surface area contributed by atoms with Gasteiger partial charge in [-0.25, -0.2) is 9.66 Å². The van der Waals surface area contributed by atoms with Crippen molar-refractivity contribution in [3.05, 3.63) is 53.9 Å². The largest absolute Gasteiger partial charge is 0.504 e. The molecule has 0 bridgehead atoms. The van der Waals surface area contributed by atoms with Gasteiger partial charge >= 0.3 is 0 Å². The van der Waals surface area contributed by atoms with Crippen molar-refractivity contribution >= 4 is 16.9 Å². The van der Waals surface area contributed by atoms with Crippen LogP contribution in [0.5, 0.6) is 11.5 Å². The van der Waals surface area contributed by atoms with E-state index in [1.54, 1.807) is 6.07 Å². The number of phenolic OH excluding ortho intramolecular Hbond substituents is 1. The molecule has 24 heavy (non-hydrogen) atoms. The van der Waals surface area contributed by atoms with Crippen LogP contribution in [-0.2, 0) is 6.42 Å². The molecular weight excluding hydrogens is 306 g/mol. The summed E-state index contributed by atoms with van der Waals surface area (Å²) >= 11 is 0.